The van der Waals surface area contributed by atoms with Crippen LogP contribution in [0.3, 0.4) is 0 Å². The largest absolute Gasteiger partial charge is 0.381 e. The molecule has 0 aromatic carbocycles. The van der Waals surface area contributed by atoms with Crippen LogP contribution in [-0.4, -0.2) is 49.8 Å². The fraction of sp³-hybridized carbons (Fsp3) is 1.00. The molecule has 2 rings (SSSR count). The van der Waals surface area contributed by atoms with E-state index in [9.17, 15) is 0 Å². The van der Waals surface area contributed by atoms with Crippen LogP contribution in [0.2, 0.25) is 0 Å². The normalized spacial score (nSPS) is 28.9. The van der Waals surface area contributed by atoms with Gasteiger partial charge in [-0.25, -0.2) is 0 Å². The van der Waals surface area contributed by atoms with E-state index >= 15 is 0 Å². The minimum absolute atomic E-state index is 0.282. The monoisotopic (exact) mass is 268 g/mol. The molecule has 112 valence electrons. The molecule has 1 aliphatic heterocycles. The van der Waals surface area contributed by atoms with Gasteiger partial charge in [-0.1, -0.05) is 6.92 Å². The molecule has 0 radical (unpaired) electrons. The predicted octanol–water partition coefficient (Wildman–Crippen LogP) is 2.66. The van der Waals surface area contributed by atoms with Gasteiger partial charge < -0.3 is 15.0 Å². The Morgan fingerprint density at radius 2 is 2.11 bits per heavy atom. The van der Waals surface area contributed by atoms with Crippen molar-refractivity contribution >= 4 is 0 Å². The van der Waals surface area contributed by atoms with Crippen molar-refractivity contribution in [2.45, 2.75) is 64.5 Å². The van der Waals surface area contributed by atoms with Gasteiger partial charge >= 0.3 is 0 Å². The zero-order chi connectivity index (χ0) is 13.9. The Labute approximate surface area is 119 Å². The molecule has 3 nitrogen and oxygen atoms in total. The first-order valence-electron chi connectivity index (χ1n) is 8.00. The Morgan fingerprint density at radius 1 is 1.37 bits per heavy atom. The molecular weight excluding hydrogens is 236 g/mol. The lowest BCUT2D eigenvalue weighted by molar-refractivity contribution is -0.0373. The van der Waals surface area contributed by atoms with E-state index in [4.69, 9.17) is 4.74 Å². The second kappa shape index (κ2) is 6.11. The van der Waals surface area contributed by atoms with Gasteiger partial charge in [-0.05, 0) is 53.0 Å². The van der Waals surface area contributed by atoms with E-state index in [0.29, 0.717) is 5.41 Å². The molecule has 1 aliphatic carbocycles. The molecule has 19 heavy (non-hydrogen) atoms. The Kier molecular flexibility index (Phi) is 4.91. The van der Waals surface area contributed by atoms with Crippen LogP contribution in [0.1, 0.15) is 52.9 Å². The maximum absolute atomic E-state index is 5.82. The summed E-state index contributed by atoms with van der Waals surface area (Å²) in [4.78, 5) is 2.54. The van der Waals surface area contributed by atoms with E-state index in [1.165, 1.54) is 32.1 Å². The Morgan fingerprint density at radius 3 is 2.63 bits per heavy atom. The van der Waals surface area contributed by atoms with Crippen LogP contribution in [0.4, 0.5) is 0 Å². The number of rotatable bonds is 7. The van der Waals surface area contributed by atoms with Crippen LogP contribution in [0, 0.1) is 5.41 Å². The summed E-state index contributed by atoms with van der Waals surface area (Å²) in [5.74, 6) is 0. The first kappa shape index (κ1) is 15.3. The molecule has 0 aromatic rings. The van der Waals surface area contributed by atoms with Gasteiger partial charge in [0.05, 0.1) is 6.61 Å². The number of nitrogens with zero attached hydrogens (tertiary/aromatic N) is 1. The molecule has 1 heterocycles. The average molecular weight is 268 g/mol. The molecular formula is C16H32N2O. The molecule has 2 fully saturated rings. The summed E-state index contributed by atoms with van der Waals surface area (Å²) in [6, 6.07) is 0.795. The minimum atomic E-state index is 0.282. The second-order valence-electron chi connectivity index (χ2n) is 7.33. The fourth-order valence-corrected chi connectivity index (χ4v) is 2.87. The lowest BCUT2D eigenvalue weighted by Gasteiger charge is -2.45. The van der Waals surface area contributed by atoms with Crippen molar-refractivity contribution < 1.29 is 4.74 Å². The smallest absolute Gasteiger partial charge is 0.0546 e. The van der Waals surface area contributed by atoms with Crippen LogP contribution in [0.5, 0.6) is 0 Å². The van der Waals surface area contributed by atoms with Crippen LogP contribution in [0.25, 0.3) is 0 Å². The second-order valence-corrected chi connectivity index (χ2v) is 7.33. The SMILES string of the molecule is CCC(C)(C)N(C)CC1(CNC2CC2)CCCOC1. The van der Waals surface area contributed by atoms with E-state index in [0.717, 1.165) is 32.3 Å². The van der Waals surface area contributed by atoms with Gasteiger partial charge in [0.25, 0.3) is 0 Å². The molecule has 3 heteroatoms. The first-order chi connectivity index (χ1) is 8.97. The zero-order valence-corrected chi connectivity index (χ0v) is 13.3. The van der Waals surface area contributed by atoms with Crippen molar-refractivity contribution in [1.82, 2.24) is 10.2 Å². The molecule has 1 unspecified atom stereocenters. The highest BCUT2D eigenvalue weighted by atomic mass is 16.5. The highest BCUT2D eigenvalue weighted by Crippen LogP contribution is 2.32. The minimum Gasteiger partial charge on any atom is -0.381 e. The summed E-state index contributed by atoms with van der Waals surface area (Å²) < 4.78 is 5.82. The van der Waals surface area contributed by atoms with Crippen molar-refractivity contribution in [3.05, 3.63) is 0 Å². The molecule has 1 N–H and O–H groups in total. The Bertz CT molecular complexity index is 280. The van der Waals surface area contributed by atoms with Crippen LogP contribution < -0.4 is 5.32 Å². The number of nitrogens with one attached hydrogen (secondary N) is 1. The third-order valence-electron chi connectivity index (χ3n) is 5.22. The number of ether oxygens (including phenoxy) is 1. The maximum Gasteiger partial charge on any atom is 0.0546 e. The summed E-state index contributed by atoms with van der Waals surface area (Å²) >= 11 is 0. The molecule has 1 saturated heterocycles. The van der Waals surface area contributed by atoms with Crippen molar-refractivity contribution in [2.75, 3.05) is 33.4 Å². The molecule has 0 amide bonds. The summed E-state index contributed by atoms with van der Waals surface area (Å²) in [5, 5.41) is 3.74. The molecule has 2 aliphatic rings. The molecule has 0 spiro atoms. The molecule has 1 saturated carbocycles. The highest BCUT2D eigenvalue weighted by Gasteiger charge is 2.38. The number of hydrogen-bond acceptors (Lipinski definition) is 3. The van der Waals surface area contributed by atoms with Crippen molar-refractivity contribution in [2.24, 2.45) is 5.41 Å². The third-order valence-corrected chi connectivity index (χ3v) is 5.22. The predicted molar refractivity (Wildman–Crippen MR) is 80.5 cm³/mol. The summed E-state index contributed by atoms with van der Waals surface area (Å²) in [5.41, 5.74) is 0.603. The van der Waals surface area contributed by atoms with E-state index in [1.54, 1.807) is 0 Å². The highest BCUT2D eigenvalue weighted by molar-refractivity contribution is 4.93. The Balaban J connectivity index is 1.95. The van der Waals surface area contributed by atoms with Gasteiger partial charge in [0, 0.05) is 36.7 Å². The van der Waals surface area contributed by atoms with Crippen LogP contribution >= 0.6 is 0 Å². The van der Waals surface area contributed by atoms with Crippen molar-refractivity contribution in [3.8, 4) is 0 Å². The van der Waals surface area contributed by atoms with Crippen LogP contribution in [-0.2, 0) is 4.74 Å². The van der Waals surface area contributed by atoms with Gasteiger partial charge in [0.1, 0.15) is 0 Å². The number of hydrogen-bond donors (Lipinski definition) is 1. The van der Waals surface area contributed by atoms with Gasteiger partial charge in [-0.2, -0.15) is 0 Å². The van der Waals surface area contributed by atoms with Gasteiger partial charge in [-0.15, -0.1) is 0 Å². The van der Waals surface area contributed by atoms with E-state index in [2.05, 4.69) is 38.0 Å². The standard InChI is InChI=1S/C16H32N2O/c1-5-15(2,3)18(4)12-16(9-6-10-19-13-16)11-17-14-7-8-14/h14,17H,5-13H2,1-4H3. The quantitative estimate of drug-likeness (QED) is 0.768. The first-order valence-corrected chi connectivity index (χ1v) is 8.00. The van der Waals surface area contributed by atoms with Crippen LogP contribution in [0.15, 0.2) is 0 Å². The fourth-order valence-electron chi connectivity index (χ4n) is 2.87. The molecule has 1 atom stereocenters. The molecule has 0 bridgehead atoms. The third kappa shape index (κ3) is 4.17. The van der Waals surface area contributed by atoms with E-state index in [1.807, 2.05) is 0 Å². The summed E-state index contributed by atoms with van der Waals surface area (Å²) in [7, 11) is 2.27. The Hall–Kier alpha value is -0.120. The van der Waals surface area contributed by atoms with Gasteiger partial charge in [-0.3, -0.25) is 0 Å². The topological polar surface area (TPSA) is 24.5 Å². The lowest BCUT2D eigenvalue weighted by Crippen LogP contribution is -2.53. The maximum atomic E-state index is 5.82. The lowest BCUT2D eigenvalue weighted by atomic mass is 9.80. The van der Waals surface area contributed by atoms with Crippen molar-refractivity contribution in [1.29, 1.82) is 0 Å². The van der Waals surface area contributed by atoms with Gasteiger partial charge in [0.15, 0.2) is 0 Å². The van der Waals surface area contributed by atoms with E-state index < -0.39 is 0 Å². The van der Waals surface area contributed by atoms with Crippen molar-refractivity contribution in [3.63, 3.8) is 0 Å². The molecule has 0 aromatic heterocycles. The van der Waals surface area contributed by atoms with E-state index in [-0.39, 0.29) is 5.54 Å². The van der Waals surface area contributed by atoms with Gasteiger partial charge in [0.2, 0.25) is 0 Å². The summed E-state index contributed by atoms with van der Waals surface area (Å²) in [6.45, 7) is 11.1. The average Bonchev–Trinajstić information content (AvgIpc) is 3.21. The summed E-state index contributed by atoms with van der Waals surface area (Å²) in [6.07, 6.45) is 6.44. The zero-order valence-electron chi connectivity index (χ0n) is 13.3.